The third-order valence-electron chi connectivity index (χ3n) is 5.26. The van der Waals surface area contributed by atoms with E-state index in [-0.39, 0.29) is 23.8 Å². The van der Waals surface area contributed by atoms with Gasteiger partial charge in [-0.25, -0.2) is 14.1 Å². The number of anilines is 1. The number of nitrogens with zero attached hydrogens (tertiary/aromatic N) is 3. The molecule has 1 fully saturated rings. The molecule has 6 nitrogen and oxygen atoms in total. The second-order valence-electron chi connectivity index (χ2n) is 7.64. The smallest absolute Gasteiger partial charge is 0.267 e. The molecule has 32 heavy (non-hydrogen) atoms. The van der Waals surface area contributed by atoms with E-state index in [1.165, 1.54) is 28.2 Å². The molecule has 160 valence electrons. The van der Waals surface area contributed by atoms with E-state index >= 15 is 0 Å². The molecule has 0 saturated heterocycles. The van der Waals surface area contributed by atoms with Crippen molar-refractivity contribution in [2.45, 2.75) is 25.3 Å². The lowest BCUT2D eigenvalue weighted by atomic mass is 10.1. The fourth-order valence-electron chi connectivity index (χ4n) is 3.47. The van der Waals surface area contributed by atoms with Crippen LogP contribution >= 0.6 is 11.3 Å². The Kier molecular flexibility index (Phi) is 5.36. The van der Waals surface area contributed by atoms with Crippen LogP contribution in [-0.4, -0.2) is 20.7 Å². The molecule has 0 aliphatic heterocycles. The minimum absolute atomic E-state index is 0.175. The summed E-state index contributed by atoms with van der Waals surface area (Å²) in [4.78, 5) is 29.4. The number of para-hydroxylation sites is 1. The number of hydrogen-bond donors (Lipinski definition) is 1. The van der Waals surface area contributed by atoms with Gasteiger partial charge in [0, 0.05) is 28.5 Å². The predicted molar refractivity (Wildman–Crippen MR) is 122 cm³/mol. The van der Waals surface area contributed by atoms with E-state index in [0.29, 0.717) is 33.4 Å². The lowest BCUT2D eigenvalue weighted by Crippen LogP contribution is -2.29. The average molecular weight is 447 g/mol. The van der Waals surface area contributed by atoms with Gasteiger partial charge in [-0.3, -0.25) is 9.59 Å². The second kappa shape index (κ2) is 8.47. The Morgan fingerprint density at radius 1 is 1.06 bits per heavy atom. The van der Waals surface area contributed by atoms with E-state index in [1.54, 1.807) is 36.4 Å². The molecule has 2 heterocycles. The number of halogens is 1. The number of aromatic nitrogens is 3. The van der Waals surface area contributed by atoms with Crippen molar-refractivity contribution in [3.8, 4) is 21.8 Å². The lowest BCUT2D eigenvalue weighted by molar-refractivity contribution is -0.117. The van der Waals surface area contributed by atoms with E-state index in [1.807, 2.05) is 17.5 Å². The zero-order valence-electron chi connectivity index (χ0n) is 17.0. The summed E-state index contributed by atoms with van der Waals surface area (Å²) < 4.78 is 15.3. The van der Waals surface area contributed by atoms with Crippen LogP contribution in [0, 0.1) is 5.82 Å². The number of rotatable bonds is 6. The Morgan fingerprint density at radius 3 is 2.59 bits per heavy atom. The average Bonchev–Trinajstić information content (AvgIpc) is 3.53. The van der Waals surface area contributed by atoms with Crippen molar-refractivity contribution in [3.63, 3.8) is 0 Å². The van der Waals surface area contributed by atoms with Crippen LogP contribution in [0.5, 0.6) is 0 Å². The SMILES string of the molecule is O=C(Cn1nc(C2CC2)ccc1=O)Nc1ccccc1-c1csc(-c2ccccc2F)n1. The normalized spacial score (nSPS) is 13.2. The second-order valence-corrected chi connectivity index (χ2v) is 8.50. The van der Waals surface area contributed by atoms with Crippen LogP contribution in [-0.2, 0) is 11.3 Å². The molecule has 2 aromatic carbocycles. The van der Waals surface area contributed by atoms with Gasteiger partial charge >= 0.3 is 0 Å². The van der Waals surface area contributed by atoms with Crippen LogP contribution < -0.4 is 10.9 Å². The molecule has 0 radical (unpaired) electrons. The van der Waals surface area contributed by atoms with Crippen LogP contribution in [0.3, 0.4) is 0 Å². The number of amides is 1. The molecule has 1 aliphatic rings. The van der Waals surface area contributed by atoms with Gasteiger partial charge in [0.1, 0.15) is 17.4 Å². The molecular formula is C24H19FN4O2S. The minimum Gasteiger partial charge on any atom is -0.324 e. The van der Waals surface area contributed by atoms with Gasteiger partial charge in [-0.15, -0.1) is 11.3 Å². The van der Waals surface area contributed by atoms with Gasteiger partial charge < -0.3 is 5.32 Å². The largest absolute Gasteiger partial charge is 0.324 e. The van der Waals surface area contributed by atoms with Gasteiger partial charge in [-0.1, -0.05) is 30.3 Å². The number of thiazole rings is 1. The van der Waals surface area contributed by atoms with Crippen molar-refractivity contribution >= 4 is 22.9 Å². The minimum atomic E-state index is -0.357. The summed E-state index contributed by atoms with van der Waals surface area (Å²) >= 11 is 1.33. The van der Waals surface area contributed by atoms with Crippen LogP contribution in [0.15, 0.2) is 70.8 Å². The van der Waals surface area contributed by atoms with E-state index in [9.17, 15) is 14.0 Å². The van der Waals surface area contributed by atoms with Gasteiger partial charge in [0.05, 0.1) is 17.1 Å². The highest BCUT2D eigenvalue weighted by atomic mass is 32.1. The molecule has 1 aliphatic carbocycles. The molecule has 0 unspecified atom stereocenters. The van der Waals surface area contributed by atoms with E-state index in [2.05, 4.69) is 15.4 Å². The Labute approximate surface area is 187 Å². The topological polar surface area (TPSA) is 76.9 Å². The summed E-state index contributed by atoms with van der Waals surface area (Å²) in [6.07, 6.45) is 2.13. The zero-order valence-corrected chi connectivity index (χ0v) is 17.8. The first-order chi connectivity index (χ1) is 15.6. The quantitative estimate of drug-likeness (QED) is 0.466. The van der Waals surface area contributed by atoms with Crippen molar-refractivity contribution in [2.24, 2.45) is 0 Å². The highest BCUT2D eigenvalue weighted by Gasteiger charge is 2.25. The summed E-state index contributed by atoms with van der Waals surface area (Å²) in [6, 6.07) is 17.0. The van der Waals surface area contributed by atoms with E-state index in [0.717, 1.165) is 18.5 Å². The van der Waals surface area contributed by atoms with Crippen molar-refractivity contribution in [1.29, 1.82) is 0 Å². The summed E-state index contributed by atoms with van der Waals surface area (Å²) in [5.41, 5.74) is 2.88. The molecule has 8 heteroatoms. The third kappa shape index (κ3) is 4.22. The zero-order chi connectivity index (χ0) is 22.1. The first-order valence-electron chi connectivity index (χ1n) is 10.3. The molecule has 4 aromatic rings. The molecule has 0 atom stereocenters. The monoisotopic (exact) mass is 446 g/mol. The molecule has 0 spiro atoms. The molecule has 5 rings (SSSR count). The van der Waals surface area contributed by atoms with Crippen LogP contribution in [0.4, 0.5) is 10.1 Å². The van der Waals surface area contributed by atoms with E-state index < -0.39 is 0 Å². The predicted octanol–water partition coefficient (Wildman–Crippen LogP) is 4.69. The molecular weight excluding hydrogens is 427 g/mol. The van der Waals surface area contributed by atoms with Gasteiger partial charge in [-0.2, -0.15) is 5.10 Å². The maximum atomic E-state index is 14.1. The third-order valence-corrected chi connectivity index (χ3v) is 6.14. The van der Waals surface area contributed by atoms with Gasteiger partial charge in [0.15, 0.2) is 0 Å². The molecule has 2 aromatic heterocycles. The molecule has 0 bridgehead atoms. The van der Waals surface area contributed by atoms with Crippen molar-refractivity contribution < 1.29 is 9.18 Å². The molecule has 1 saturated carbocycles. The first-order valence-corrected chi connectivity index (χ1v) is 11.1. The maximum Gasteiger partial charge on any atom is 0.267 e. The number of benzene rings is 2. The number of carbonyl (C=O) groups excluding carboxylic acids is 1. The Morgan fingerprint density at radius 2 is 1.81 bits per heavy atom. The maximum absolute atomic E-state index is 14.1. The summed E-state index contributed by atoms with van der Waals surface area (Å²) in [7, 11) is 0. The Hall–Kier alpha value is -3.65. The van der Waals surface area contributed by atoms with Crippen LogP contribution in [0.25, 0.3) is 21.8 Å². The highest BCUT2D eigenvalue weighted by Crippen LogP contribution is 2.38. The number of nitrogens with one attached hydrogen (secondary N) is 1. The molecule has 1 amide bonds. The van der Waals surface area contributed by atoms with Gasteiger partial charge in [0.2, 0.25) is 5.91 Å². The van der Waals surface area contributed by atoms with Crippen LogP contribution in [0.2, 0.25) is 0 Å². The van der Waals surface area contributed by atoms with Crippen LogP contribution in [0.1, 0.15) is 24.5 Å². The Balaban J connectivity index is 1.38. The lowest BCUT2D eigenvalue weighted by Gasteiger charge is -2.11. The fraction of sp³-hybridized carbons (Fsp3) is 0.167. The number of hydrogen-bond acceptors (Lipinski definition) is 5. The summed E-state index contributed by atoms with van der Waals surface area (Å²) in [5.74, 6) is -0.301. The number of carbonyl (C=O) groups is 1. The van der Waals surface area contributed by atoms with Crippen molar-refractivity contribution in [2.75, 3.05) is 5.32 Å². The standard InChI is InChI=1S/C24H19FN4O2S/c25-18-7-3-1-5-16(18)24-27-21(14-32-24)17-6-2-4-8-20(17)26-22(30)13-29-23(31)12-11-19(28-29)15-9-10-15/h1-8,11-12,14-15H,9-10,13H2,(H,26,30). The van der Waals surface area contributed by atoms with Crippen molar-refractivity contribution in [1.82, 2.24) is 14.8 Å². The van der Waals surface area contributed by atoms with E-state index in [4.69, 9.17) is 0 Å². The van der Waals surface area contributed by atoms with Gasteiger partial charge in [-0.05, 0) is 37.1 Å². The summed E-state index contributed by atoms with van der Waals surface area (Å²) in [5, 5.41) is 9.59. The first kappa shape index (κ1) is 20.3. The Bertz CT molecular complexity index is 1360. The molecule has 1 N–H and O–H groups in total. The fourth-order valence-corrected chi connectivity index (χ4v) is 4.32. The van der Waals surface area contributed by atoms with Crippen molar-refractivity contribution in [3.05, 3.63) is 87.9 Å². The van der Waals surface area contributed by atoms with Gasteiger partial charge in [0.25, 0.3) is 5.56 Å². The highest BCUT2D eigenvalue weighted by molar-refractivity contribution is 7.13. The summed E-state index contributed by atoms with van der Waals surface area (Å²) in [6.45, 7) is -0.175.